The van der Waals surface area contributed by atoms with E-state index in [1.807, 2.05) is 23.0 Å². The molecule has 0 atom stereocenters. The Hall–Kier alpha value is -1.07. The SMILES string of the molecule is OCCn1nccc1C1CCN(Cc2cc(Cl)cc(Cl)c2)CC1. The van der Waals surface area contributed by atoms with Crippen molar-refractivity contribution in [1.82, 2.24) is 14.7 Å². The summed E-state index contributed by atoms with van der Waals surface area (Å²) >= 11 is 12.1. The molecule has 6 heteroatoms. The Morgan fingerprint density at radius 1 is 1.13 bits per heavy atom. The van der Waals surface area contributed by atoms with Gasteiger partial charge in [-0.25, -0.2) is 0 Å². The van der Waals surface area contributed by atoms with Gasteiger partial charge in [-0.3, -0.25) is 9.58 Å². The molecule has 0 bridgehead atoms. The Bertz CT molecular complexity index is 631. The van der Waals surface area contributed by atoms with Crippen molar-refractivity contribution in [1.29, 1.82) is 0 Å². The first-order valence-electron chi connectivity index (χ1n) is 7.95. The first-order chi connectivity index (χ1) is 11.2. The smallest absolute Gasteiger partial charge is 0.0644 e. The second-order valence-electron chi connectivity index (χ2n) is 6.03. The van der Waals surface area contributed by atoms with Gasteiger partial charge >= 0.3 is 0 Å². The first-order valence-corrected chi connectivity index (χ1v) is 8.71. The van der Waals surface area contributed by atoms with Gasteiger partial charge in [-0.2, -0.15) is 5.10 Å². The highest BCUT2D eigenvalue weighted by molar-refractivity contribution is 6.34. The maximum Gasteiger partial charge on any atom is 0.0644 e. The third-order valence-corrected chi connectivity index (χ3v) is 4.83. The fourth-order valence-corrected chi connectivity index (χ4v) is 3.89. The average molecular weight is 354 g/mol. The van der Waals surface area contributed by atoms with Crippen LogP contribution in [0.25, 0.3) is 0 Å². The quantitative estimate of drug-likeness (QED) is 0.893. The summed E-state index contributed by atoms with van der Waals surface area (Å²) in [5.41, 5.74) is 2.40. The maximum absolute atomic E-state index is 9.12. The van der Waals surface area contributed by atoms with Gasteiger partial charge in [-0.1, -0.05) is 23.2 Å². The monoisotopic (exact) mass is 353 g/mol. The molecule has 1 aromatic heterocycles. The second-order valence-corrected chi connectivity index (χ2v) is 6.90. The van der Waals surface area contributed by atoms with Crippen molar-refractivity contribution in [2.45, 2.75) is 31.8 Å². The molecular formula is C17H21Cl2N3O. The van der Waals surface area contributed by atoms with E-state index in [9.17, 15) is 0 Å². The first kappa shape index (κ1) is 16.8. The van der Waals surface area contributed by atoms with E-state index in [1.54, 1.807) is 6.07 Å². The lowest BCUT2D eigenvalue weighted by Crippen LogP contribution is -2.33. The molecule has 0 aliphatic carbocycles. The van der Waals surface area contributed by atoms with Gasteiger partial charge in [0.25, 0.3) is 0 Å². The van der Waals surface area contributed by atoms with Crippen LogP contribution in [-0.2, 0) is 13.1 Å². The zero-order valence-electron chi connectivity index (χ0n) is 13.0. The second kappa shape index (κ2) is 7.67. The Kier molecular flexibility index (Phi) is 5.59. The van der Waals surface area contributed by atoms with Gasteiger partial charge in [0.05, 0.1) is 13.2 Å². The van der Waals surface area contributed by atoms with Crippen LogP contribution in [0.1, 0.15) is 30.0 Å². The van der Waals surface area contributed by atoms with Gasteiger partial charge in [0.1, 0.15) is 0 Å². The molecule has 1 aliphatic heterocycles. The molecule has 1 fully saturated rings. The molecule has 0 amide bonds. The molecule has 1 aliphatic rings. The molecule has 0 radical (unpaired) electrons. The van der Waals surface area contributed by atoms with Gasteiger partial charge in [0, 0.05) is 34.4 Å². The summed E-state index contributed by atoms with van der Waals surface area (Å²) in [4.78, 5) is 2.44. The standard InChI is InChI=1S/C17H21Cl2N3O/c18-15-9-13(10-16(19)11-15)12-21-5-2-14(3-6-21)17-1-4-20-22(17)7-8-23/h1,4,9-11,14,23H,2-3,5-8,12H2. The predicted molar refractivity (Wildman–Crippen MR) is 93.0 cm³/mol. The van der Waals surface area contributed by atoms with Crippen LogP contribution in [0.5, 0.6) is 0 Å². The van der Waals surface area contributed by atoms with E-state index in [1.165, 1.54) is 5.69 Å². The lowest BCUT2D eigenvalue weighted by molar-refractivity contribution is 0.199. The lowest BCUT2D eigenvalue weighted by atomic mass is 9.93. The van der Waals surface area contributed by atoms with Crippen molar-refractivity contribution in [3.05, 3.63) is 51.8 Å². The highest BCUT2D eigenvalue weighted by atomic mass is 35.5. The Labute approximate surface area is 146 Å². The van der Waals surface area contributed by atoms with Gasteiger partial charge in [-0.05, 0) is 55.8 Å². The topological polar surface area (TPSA) is 41.3 Å². The Morgan fingerprint density at radius 3 is 2.48 bits per heavy atom. The molecule has 0 unspecified atom stereocenters. The number of hydrogen-bond donors (Lipinski definition) is 1. The fourth-order valence-electron chi connectivity index (χ4n) is 3.32. The van der Waals surface area contributed by atoms with Crippen molar-refractivity contribution in [3.8, 4) is 0 Å². The van der Waals surface area contributed by atoms with Crippen LogP contribution in [-0.4, -0.2) is 39.5 Å². The minimum atomic E-state index is 0.128. The van der Waals surface area contributed by atoms with Crippen LogP contribution in [0.4, 0.5) is 0 Å². The molecule has 0 saturated carbocycles. The third-order valence-electron chi connectivity index (χ3n) is 4.40. The van der Waals surface area contributed by atoms with Crippen molar-refractivity contribution in [2.24, 2.45) is 0 Å². The van der Waals surface area contributed by atoms with Gasteiger partial charge < -0.3 is 5.11 Å². The minimum Gasteiger partial charge on any atom is -0.394 e. The van der Waals surface area contributed by atoms with E-state index in [0.717, 1.165) is 38.0 Å². The van der Waals surface area contributed by atoms with Gasteiger partial charge in [-0.15, -0.1) is 0 Å². The molecule has 2 heterocycles. The molecule has 1 N–H and O–H groups in total. The molecule has 0 spiro atoms. The normalized spacial score (nSPS) is 16.8. The number of likely N-dealkylation sites (tertiary alicyclic amines) is 1. The van der Waals surface area contributed by atoms with E-state index < -0.39 is 0 Å². The zero-order chi connectivity index (χ0) is 16.2. The predicted octanol–water partition coefficient (Wildman–Crippen LogP) is 3.56. The summed E-state index contributed by atoms with van der Waals surface area (Å²) in [5, 5.41) is 14.8. The third kappa shape index (κ3) is 4.27. The van der Waals surface area contributed by atoms with Crippen LogP contribution in [0.3, 0.4) is 0 Å². The number of aliphatic hydroxyl groups excluding tert-OH is 1. The van der Waals surface area contributed by atoms with Crippen LogP contribution < -0.4 is 0 Å². The Balaban J connectivity index is 1.59. The number of benzene rings is 1. The molecule has 2 aromatic rings. The molecular weight excluding hydrogens is 333 g/mol. The summed E-state index contributed by atoms with van der Waals surface area (Å²) in [7, 11) is 0. The summed E-state index contributed by atoms with van der Waals surface area (Å²) in [6.07, 6.45) is 4.03. The van der Waals surface area contributed by atoms with Crippen LogP contribution in [0, 0.1) is 0 Å². The summed E-state index contributed by atoms with van der Waals surface area (Å²) in [6, 6.07) is 7.81. The van der Waals surface area contributed by atoms with Crippen molar-refractivity contribution < 1.29 is 5.11 Å². The van der Waals surface area contributed by atoms with E-state index in [-0.39, 0.29) is 6.61 Å². The number of halogens is 2. The lowest BCUT2D eigenvalue weighted by Gasteiger charge is -2.32. The van der Waals surface area contributed by atoms with Crippen LogP contribution >= 0.6 is 23.2 Å². The van der Waals surface area contributed by atoms with Crippen LogP contribution in [0.15, 0.2) is 30.5 Å². The molecule has 1 saturated heterocycles. The number of piperidine rings is 1. The van der Waals surface area contributed by atoms with Crippen LogP contribution in [0.2, 0.25) is 10.0 Å². The van der Waals surface area contributed by atoms with Crippen molar-refractivity contribution in [3.63, 3.8) is 0 Å². The summed E-state index contributed by atoms with van der Waals surface area (Å²) in [5.74, 6) is 0.517. The number of rotatable bonds is 5. The van der Waals surface area contributed by atoms with Gasteiger partial charge in [0.2, 0.25) is 0 Å². The van der Waals surface area contributed by atoms with E-state index in [2.05, 4.69) is 16.1 Å². The van der Waals surface area contributed by atoms with E-state index in [0.29, 0.717) is 22.5 Å². The van der Waals surface area contributed by atoms with Crippen molar-refractivity contribution >= 4 is 23.2 Å². The highest BCUT2D eigenvalue weighted by Gasteiger charge is 2.23. The molecule has 23 heavy (non-hydrogen) atoms. The molecule has 3 rings (SSSR count). The number of aliphatic hydroxyl groups is 1. The van der Waals surface area contributed by atoms with Gasteiger partial charge in [0.15, 0.2) is 0 Å². The summed E-state index contributed by atoms with van der Waals surface area (Å²) in [6.45, 7) is 3.66. The maximum atomic E-state index is 9.12. The fraction of sp³-hybridized carbons (Fsp3) is 0.471. The number of aromatic nitrogens is 2. The number of hydrogen-bond acceptors (Lipinski definition) is 3. The Morgan fingerprint density at radius 2 is 1.83 bits per heavy atom. The molecule has 4 nitrogen and oxygen atoms in total. The molecule has 1 aromatic carbocycles. The number of nitrogens with zero attached hydrogens (tertiary/aromatic N) is 3. The zero-order valence-corrected chi connectivity index (χ0v) is 14.5. The van der Waals surface area contributed by atoms with Crippen molar-refractivity contribution in [2.75, 3.05) is 19.7 Å². The molecule has 124 valence electrons. The highest BCUT2D eigenvalue weighted by Crippen LogP contribution is 2.29. The summed E-state index contributed by atoms with van der Waals surface area (Å²) < 4.78 is 1.93. The minimum absolute atomic E-state index is 0.128. The van der Waals surface area contributed by atoms with E-state index in [4.69, 9.17) is 28.3 Å². The largest absolute Gasteiger partial charge is 0.394 e. The average Bonchev–Trinajstić information content (AvgIpc) is 2.96. The van der Waals surface area contributed by atoms with E-state index >= 15 is 0 Å².